The molecule has 8 nitrogen and oxygen atoms in total. The molecule has 1 aromatic carbocycles. The molecular formula is C16H24N4O4. The lowest BCUT2D eigenvalue weighted by Crippen LogP contribution is -2.36. The van der Waals surface area contributed by atoms with E-state index in [1.54, 1.807) is 6.07 Å². The number of aryl methyl sites for hydroxylation is 1. The number of carbonyl (C=O) groups is 1. The summed E-state index contributed by atoms with van der Waals surface area (Å²) in [6.07, 6.45) is 1.73. The van der Waals surface area contributed by atoms with Crippen molar-refractivity contribution in [3.8, 4) is 0 Å². The first-order chi connectivity index (χ1) is 11.5. The molecule has 1 fully saturated rings. The number of nitrogens with two attached hydrogens (primary N) is 1. The van der Waals surface area contributed by atoms with Crippen LogP contribution in [0.2, 0.25) is 0 Å². The normalized spacial score (nSPS) is 19.9. The van der Waals surface area contributed by atoms with Crippen LogP contribution in [0.3, 0.4) is 0 Å². The Hall–Kier alpha value is -2.19. The number of nitro benzene ring substituents is 1. The smallest absolute Gasteiger partial charge is 0.292 e. The van der Waals surface area contributed by atoms with Gasteiger partial charge in [0.25, 0.3) is 5.69 Å². The summed E-state index contributed by atoms with van der Waals surface area (Å²) < 4.78 is 5.52. The fourth-order valence-electron chi connectivity index (χ4n) is 2.65. The third kappa shape index (κ3) is 4.90. The van der Waals surface area contributed by atoms with Gasteiger partial charge in [-0.05, 0) is 37.8 Å². The van der Waals surface area contributed by atoms with Crippen molar-refractivity contribution in [1.29, 1.82) is 0 Å². The number of hydrogen-bond acceptors (Lipinski definition) is 6. The Morgan fingerprint density at radius 2 is 2.21 bits per heavy atom. The van der Waals surface area contributed by atoms with Gasteiger partial charge in [-0.1, -0.05) is 6.07 Å². The van der Waals surface area contributed by atoms with Crippen LogP contribution in [0.4, 0.5) is 11.4 Å². The monoisotopic (exact) mass is 336 g/mol. The summed E-state index contributed by atoms with van der Waals surface area (Å²) in [6.45, 7) is 3.26. The SMILES string of the molecule is Cc1ccc(NCCCNC(=O)[C@@H]2CC[C@H](CN)O2)c([N+](=O)[O-])c1. The molecule has 0 spiro atoms. The van der Waals surface area contributed by atoms with E-state index in [1.807, 2.05) is 13.0 Å². The first-order valence-electron chi connectivity index (χ1n) is 8.13. The zero-order valence-electron chi connectivity index (χ0n) is 13.8. The maximum absolute atomic E-state index is 11.9. The minimum atomic E-state index is -0.412. The van der Waals surface area contributed by atoms with Gasteiger partial charge < -0.3 is 21.1 Å². The van der Waals surface area contributed by atoms with Crippen LogP contribution >= 0.6 is 0 Å². The van der Waals surface area contributed by atoms with Crippen LogP contribution in [0.5, 0.6) is 0 Å². The van der Waals surface area contributed by atoms with E-state index >= 15 is 0 Å². The highest BCUT2D eigenvalue weighted by atomic mass is 16.6. The molecule has 1 aliphatic rings. The molecule has 0 radical (unpaired) electrons. The summed E-state index contributed by atoms with van der Waals surface area (Å²) in [6, 6.07) is 5.06. The van der Waals surface area contributed by atoms with Crippen molar-refractivity contribution < 1.29 is 14.5 Å². The van der Waals surface area contributed by atoms with Crippen LogP contribution in [0.1, 0.15) is 24.8 Å². The van der Waals surface area contributed by atoms with Crippen LogP contribution < -0.4 is 16.4 Å². The maximum Gasteiger partial charge on any atom is 0.292 e. The zero-order chi connectivity index (χ0) is 17.5. The second-order valence-corrected chi connectivity index (χ2v) is 5.91. The van der Waals surface area contributed by atoms with E-state index in [2.05, 4.69) is 10.6 Å². The standard InChI is InChI=1S/C16H24N4O4/c1-11-3-5-13(14(9-11)20(22)23)18-7-2-8-19-16(21)15-6-4-12(10-17)24-15/h3,5,9,12,15,18H,2,4,6-8,10,17H2,1H3,(H,19,21)/t12-,15+/m1/s1. The first-order valence-corrected chi connectivity index (χ1v) is 8.13. The topological polar surface area (TPSA) is 120 Å². The predicted molar refractivity (Wildman–Crippen MR) is 90.9 cm³/mol. The van der Waals surface area contributed by atoms with E-state index in [0.29, 0.717) is 38.2 Å². The molecule has 4 N–H and O–H groups in total. The number of nitro groups is 1. The van der Waals surface area contributed by atoms with E-state index < -0.39 is 11.0 Å². The van der Waals surface area contributed by atoms with Gasteiger partial charge in [0.2, 0.25) is 5.91 Å². The van der Waals surface area contributed by atoms with Crippen molar-refractivity contribution in [1.82, 2.24) is 5.32 Å². The Bertz CT molecular complexity index is 593. The molecule has 132 valence electrons. The number of hydrogen-bond donors (Lipinski definition) is 3. The average Bonchev–Trinajstić information content (AvgIpc) is 3.04. The maximum atomic E-state index is 11.9. The third-order valence-electron chi connectivity index (χ3n) is 3.98. The molecular weight excluding hydrogens is 312 g/mol. The molecule has 1 aliphatic heterocycles. The van der Waals surface area contributed by atoms with Crippen molar-refractivity contribution in [2.75, 3.05) is 25.0 Å². The Balaban J connectivity index is 1.70. The van der Waals surface area contributed by atoms with Crippen molar-refractivity contribution in [2.45, 2.75) is 38.4 Å². The predicted octanol–water partition coefficient (Wildman–Crippen LogP) is 1.33. The number of nitrogens with zero attached hydrogens (tertiary/aromatic N) is 1. The fourth-order valence-corrected chi connectivity index (χ4v) is 2.65. The second kappa shape index (κ2) is 8.60. The van der Waals surface area contributed by atoms with Gasteiger partial charge in [0.05, 0.1) is 11.0 Å². The van der Waals surface area contributed by atoms with E-state index in [4.69, 9.17) is 10.5 Å². The number of ether oxygens (including phenoxy) is 1. The van der Waals surface area contributed by atoms with E-state index in [-0.39, 0.29) is 17.7 Å². The Morgan fingerprint density at radius 3 is 2.88 bits per heavy atom. The molecule has 1 saturated heterocycles. The van der Waals surface area contributed by atoms with Crippen LogP contribution in [-0.4, -0.2) is 42.7 Å². The molecule has 0 aromatic heterocycles. The number of benzene rings is 1. The highest BCUT2D eigenvalue weighted by molar-refractivity contribution is 5.81. The summed E-state index contributed by atoms with van der Waals surface area (Å²) in [5.74, 6) is -0.118. The lowest BCUT2D eigenvalue weighted by atomic mass is 10.2. The van der Waals surface area contributed by atoms with E-state index in [1.165, 1.54) is 6.07 Å². The van der Waals surface area contributed by atoms with Gasteiger partial charge in [0.15, 0.2) is 0 Å². The van der Waals surface area contributed by atoms with Gasteiger partial charge in [0.1, 0.15) is 11.8 Å². The Kier molecular flexibility index (Phi) is 6.51. The molecule has 24 heavy (non-hydrogen) atoms. The summed E-state index contributed by atoms with van der Waals surface area (Å²) in [7, 11) is 0. The lowest BCUT2D eigenvalue weighted by Gasteiger charge is -2.13. The third-order valence-corrected chi connectivity index (χ3v) is 3.98. The summed E-state index contributed by atoms with van der Waals surface area (Å²) in [4.78, 5) is 22.6. The zero-order valence-corrected chi connectivity index (χ0v) is 13.8. The van der Waals surface area contributed by atoms with Crippen LogP contribution in [0.25, 0.3) is 0 Å². The van der Waals surface area contributed by atoms with E-state index in [9.17, 15) is 14.9 Å². The Morgan fingerprint density at radius 1 is 1.42 bits per heavy atom. The van der Waals surface area contributed by atoms with Crippen molar-refractivity contribution in [3.05, 3.63) is 33.9 Å². The molecule has 0 unspecified atom stereocenters. The van der Waals surface area contributed by atoms with Gasteiger partial charge in [-0.15, -0.1) is 0 Å². The molecule has 2 atom stereocenters. The van der Waals surface area contributed by atoms with Crippen LogP contribution in [-0.2, 0) is 9.53 Å². The van der Waals surface area contributed by atoms with Gasteiger partial charge in [-0.2, -0.15) is 0 Å². The van der Waals surface area contributed by atoms with Gasteiger partial charge in [-0.3, -0.25) is 14.9 Å². The number of carbonyl (C=O) groups excluding carboxylic acids is 1. The molecule has 0 bridgehead atoms. The number of amides is 1. The number of nitrogens with one attached hydrogen (secondary N) is 2. The highest BCUT2D eigenvalue weighted by Crippen LogP contribution is 2.25. The van der Waals surface area contributed by atoms with Gasteiger partial charge in [-0.25, -0.2) is 0 Å². The van der Waals surface area contributed by atoms with Crippen molar-refractivity contribution in [2.24, 2.45) is 5.73 Å². The average molecular weight is 336 g/mol. The molecule has 1 heterocycles. The molecule has 0 aliphatic carbocycles. The van der Waals surface area contributed by atoms with Crippen LogP contribution in [0.15, 0.2) is 18.2 Å². The first kappa shape index (κ1) is 18.2. The molecule has 1 aromatic rings. The quantitative estimate of drug-likeness (QED) is 0.374. The highest BCUT2D eigenvalue weighted by Gasteiger charge is 2.29. The minimum Gasteiger partial charge on any atom is -0.379 e. The summed E-state index contributed by atoms with van der Waals surface area (Å²) >= 11 is 0. The minimum absolute atomic E-state index is 0.0236. The molecule has 8 heteroatoms. The van der Waals surface area contributed by atoms with Gasteiger partial charge >= 0.3 is 0 Å². The fraction of sp³-hybridized carbons (Fsp3) is 0.562. The van der Waals surface area contributed by atoms with Gasteiger partial charge in [0, 0.05) is 25.7 Å². The number of rotatable bonds is 8. The summed E-state index contributed by atoms with van der Waals surface area (Å²) in [5, 5.41) is 16.9. The van der Waals surface area contributed by atoms with Crippen LogP contribution in [0, 0.1) is 17.0 Å². The van der Waals surface area contributed by atoms with E-state index in [0.717, 1.165) is 12.0 Å². The van der Waals surface area contributed by atoms with Crippen molar-refractivity contribution >= 4 is 17.3 Å². The molecule has 1 amide bonds. The molecule has 2 rings (SSSR count). The second-order valence-electron chi connectivity index (χ2n) is 5.91. The Labute approximate surface area is 140 Å². The number of anilines is 1. The molecule has 0 saturated carbocycles. The largest absolute Gasteiger partial charge is 0.379 e. The van der Waals surface area contributed by atoms with Crippen molar-refractivity contribution in [3.63, 3.8) is 0 Å². The summed E-state index contributed by atoms with van der Waals surface area (Å²) in [5.41, 5.74) is 6.91. The lowest BCUT2D eigenvalue weighted by molar-refractivity contribution is -0.384.